The van der Waals surface area contributed by atoms with Gasteiger partial charge in [0.1, 0.15) is 6.10 Å². The molecule has 0 radical (unpaired) electrons. The molecule has 0 saturated carbocycles. The highest BCUT2D eigenvalue weighted by Crippen LogP contribution is 2.25. The summed E-state index contributed by atoms with van der Waals surface area (Å²) in [7, 11) is 1.83. The highest BCUT2D eigenvalue weighted by molar-refractivity contribution is 5.80. The number of rotatable bonds is 5. The molecule has 164 valence electrons. The van der Waals surface area contributed by atoms with Gasteiger partial charge in [-0.2, -0.15) is 0 Å². The van der Waals surface area contributed by atoms with E-state index in [0.717, 1.165) is 32.0 Å². The van der Waals surface area contributed by atoms with Crippen LogP contribution in [0.15, 0.2) is 53.5 Å². The van der Waals surface area contributed by atoms with E-state index in [9.17, 15) is 4.79 Å². The Morgan fingerprint density at radius 2 is 2.00 bits per heavy atom. The molecule has 2 saturated heterocycles. The molecule has 0 spiro atoms. The standard InChI is InChI=1S/C25H32N4O2/c1-19-7-3-4-10-22(19)23-18-29(13-14-31-23)25(26-2)27-16-20-8-5-9-21(15-20)17-28-12-6-11-24(28)30/h3-5,7-10,15,23H,6,11-14,16-18H2,1-2H3,(H,26,27). The molecule has 2 aliphatic heterocycles. The number of nitrogens with one attached hydrogen (secondary N) is 1. The Morgan fingerprint density at radius 1 is 1.16 bits per heavy atom. The number of amides is 1. The SMILES string of the molecule is CN=C(NCc1cccc(CN2CCCC2=O)c1)N1CCOC(c2ccccc2C)C1. The molecule has 31 heavy (non-hydrogen) atoms. The molecule has 2 aromatic carbocycles. The summed E-state index contributed by atoms with van der Waals surface area (Å²) < 4.78 is 6.06. The third-order valence-electron chi connectivity index (χ3n) is 6.10. The average molecular weight is 421 g/mol. The first-order chi connectivity index (χ1) is 15.1. The summed E-state index contributed by atoms with van der Waals surface area (Å²) in [6.07, 6.45) is 1.70. The van der Waals surface area contributed by atoms with E-state index < -0.39 is 0 Å². The lowest BCUT2D eigenvalue weighted by Crippen LogP contribution is -2.48. The minimum atomic E-state index is 0.0508. The number of aliphatic imine (C=N–C) groups is 1. The van der Waals surface area contributed by atoms with E-state index in [1.807, 2.05) is 11.9 Å². The second-order valence-corrected chi connectivity index (χ2v) is 8.30. The minimum Gasteiger partial charge on any atom is -0.370 e. The second-order valence-electron chi connectivity index (χ2n) is 8.30. The molecule has 2 fully saturated rings. The number of morpholine rings is 1. The number of aryl methyl sites for hydroxylation is 1. The second kappa shape index (κ2) is 9.96. The van der Waals surface area contributed by atoms with Crippen LogP contribution in [0.25, 0.3) is 0 Å². The molecule has 1 N–H and O–H groups in total. The van der Waals surface area contributed by atoms with Crippen molar-refractivity contribution in [3.8, 4) is 0 Å². The van der Waals surface area contributed by atoms with Crippen molar-refractivity contribution in [3.05, 3.63) is 70.8 Å². The van der Waals surface area contributed by atoms with E-state index in [-0.39, 0.29) is 12.0 Å². The lowest BCUT2D eigenvalue weighted by atomic mass is 10.0. The number of carbonyl (C=O) groups is 1. The number of hydrogen-bond donors (Lipinski definition) is 1. The molecular formula is C25H32N4O2. The van der Waals surface area contributed by atoms with Crippen molar-refractivity contribution in [2.75, 3.05) is 33.3 Å². The lowest BCUT2D eigenvalue weighted by Gasteiger charge is -2.35. The number of nitrogens with zero attached hydrogens (tertiary/aromatic N) is 3. The molecule has 2 aliphatic rings. The number of likely N-dealkylation sites (tertiary alicyclic amines) is 1. The molecular weight excluding hydrogens is 388 g/mol. The van der Waals surface area contributed by atoms with Crippen LogP contribution in [0.1, 0.15) is 41.2 Å². The maximum atomic E-state index is 11.9. The molecule has 1 atom stereocenters. The van der Waals surface area contributed by atoms with Crippen LogP contribution >= 0.6 is 0 Å². The van der Waals surface area contributed by atoms with E-state index >= 15 is 0 Å². The number of hydrogen-bond acceptors (Lipinski definition) is 3. The summed E-state index contributed by atoms with van der Waals surface area (Å²) in [5.41, 5.74) is 4.86. The van der Waals surface area contributed by atoms with Gasteiger partial charge in [-0.3, -0.25) is 9.79 Å². The Hall–Kier alpha value is -2.86. The quantitative estimate of drug-likeness (QED) is 0.596. The third-order valence-corrected chi connectivity index (χ3v) is 6.10. The first kappa shape index (κ1) is 21.4. The molecule has 0 bridgehead atoms. The van der Waals surface area contributed by atoms with E-state index in [1.165, 1.54) is 22.3 Å². The smallest absolute Gasteiger partial charge is 0.222 e. The van der Waals surface area contributed by atoms with Crippen molar-refractivity contribution >= 4 is 11.9 Å². The van der Waals surface area contributed by atoms with Gasteiger partial charge >= 0.3 is 0 Å². The molecule has 2 aromatic rings. The lowest BCUT2D eigenvalue weighted by molar-refractivity contribution is -0.128. The predicted molar refractivity (Wildman–Crippen MR) is 123 cm³/mol. The van der Waals surface area contributed by atoms with Crippen LogP contribution in [-0.2, 0) is 22.6 Å². The highest BCUT2D eigenvalue weighted by atomic mass is 16.5. The van der Waals surface area contributed by atoms with Crippen molar-refractivity contribution in [1.82, 2.24) is 15.1 Å². The van der Waals surface area contributed by atoms with Gasteiger partial charge in [0.2, 0.25) is 5.91 Å². The van der Waals surface area contributed by atoms with Crippen molar-refractivity contribution in [1.29, 1.82) is 0 Å². The highest BCUT2D eigenvalue weighted by Gasteiger charge is 2.25. The topological polar surface area (TPSA) is 57.2 Å². The summed E-state index contributed by atoms with van der Waals surface area (Å²) in [4.78, 5) is 20.7. The maximum Gasteiger partial charge on any atom is 0.222 e. The summed E-state index contributed by atoms with van der Waals surface area (Å²) in [6, 6.07) is 16.9. The number of ether oxygens (including phenoxy) is 1. The fraction of sp³-hybridized carbons (Fsp3) is 0.440. The molecule has 0 aliphatic carbocycles. The maximum absolute atomic E-state index is 11.9. The van der Waals surface area contributed by atoms with E-state index in [4.69, 9.17) is 4.74 Å². The molecule has 6 heteroatoms. The van der Waals surface area contributed by atoms with E-state index in [1.54, 1.807) is 0 Å². The number of guanidine groups is 1. The monoisotopic (exact) mass is 420 g/mol. The first-order valence-corrected chi connectivity index (χ1v) is 11.1. The van der Waals surface area contributed by atoms with Crippen LogP contribution in [0.2, 0.25) is 0 Å². The largest absolute Gasteiger partial charge is 0.370 e. The number of benzene rings is 2. The zero-order valence-corrected chi connectivity index (χ0v) is 18.5. The molecule has 2 heterocycles. The van der Waals surface area contributed by atoms with Gasteiger partial charge in [0, 0.05) is 39.6 Å². The van der Waals surface area contributed by atoms with Gasteiger partial charge in [0.25, 0.3) is 0 Å². The first-order valence-electron chi connectivity index (χ1n) is 11.1. The van der Waals surface area contributed by atoms with Gasteiger partial charge in [-0.15, -0.1) is 0 Å². The normalized spacial score (nSPS) is 19.7. The van der Waals surface area contributed by atoms with E-state index in [0.29, 0.717) is 26.1 Å². The summed E-state index contributed by atoms with van der Waals surface area (Å²) >= 11 is 0. The zero-order valence-electron chi connectivity index (χ0n) is 18.5. The third kappa shape index (κ3) is 5.25. The summed E-state index contributed by atoms with van der Waals surface area (Å²) in [5, 5.41) is 3.51. The van der Waals surface area contributed by atoms with Gasteiger partial charge < -0.3 is 19.9 Å². The fourth-order valence-electron chi connectivity index (χ4n) is 4.42. The molecule has 6 nitrogen and oxygen atoms in total. The van der Waals surface area contributed by atoms with Gasteiger partial charge in [0.05, 0.1) is 13.2 Å². The van der Waals surface area contributed by atoms with Gasteiger partial charge in [-0.05, 0) is 35.6 Å². The molecule has 0 aromatic heterocycles. The van der Waals surface area contributed by atoms with Crippen LogP contribution in [-0.4, -0.2) is 55.0 Å². The Labute approximate surface area is 184 Å². The van der Waals surface area contributed by atoms with E-state index in [2.05, 4.69) is 70.7 Å². The molecule has 1 unspecified atom stereocenters. The minimum absolute atomic E-state index is 0.0508. The van der Waals surface area contributed by atoms with Crippen LogP contribution in [0.5, 0.6) is 0 Å². The molecule has 4 rings (SSSR count). The van der Waals surface area contributed by atoms with Crippen molar-refractivity contribution in [2.24, 2.45) is 4.99 Å². The Balaban J connectivity index is 1.37. The Morgan fingerprint density at radius 3 is 2.77 bits per heavy atom. The van der Waals surface area contributed by atoms with Crippen molar-refractivity contribution < 1.29 is 9.53 Å². The van der Waals surface area contributed by atoms with Crippen LogP contribution in [0, 0.1) is 6.92 Å². The van der Waals surface area contributed by atoms with Gasteiger partial charge in [-0.1, -0.05) is 48.5 Å². The average Bonchev–Trinajstić information content (AvgIpc) is 3.19. The van der Waals surface area contributed by atoms with Crippen LogP contribution in [0.4, 0.5) is 0 Å². The van der Waals surface area contributed by atoms with Crippen molar-refractivity contribution in [3.63, 3.8) is 0 Å². The van der Waals surface area contributed by atoms with Crippen LogP contribution < -0.4 is 5.32 Å². The zero-order chi connectivity index (χ0) is 21.6. The van der Waals surface area contributed by atoms with Gasteiger partial charge in [0.15, 0.2) is 5.96 Å². The van der Waals surface area contributed by atoms with Crippen molar-refractivity contribution in [2.45, 2.75) is 39.0 Å². The number of carbonyl (C=O) groups excluding carboxylic acids is 1. The van der Waals surface area contributed by atoms with Crippen LogP contribution in [0.3, 0.4) is 0 Å². The van der Waals surface area contributed by atoms with Gasteiger partial charge in [-0.25, -0.2) is 0 Å². The summed E-state index contributed by atoms with van der Waals surface area (Å²) in [5.74, 6) is 1.15. The fourth-order valence-corrected chi connectivity index (χ4v) is 4.42. The Bertz CT molecular complexity index is 943. The predicted octanol–water partition coefficient (Wildman–Crippen LogP) is 3.27. The Kier molecular flexibility index (Phi) is 6.87. The molecule has 1 amide bonds. The summed E-state index contributed by atoms with van der Waals surface area (Å²) in [6.45, 7) is 6.67.